The van der Waals surface area contributed by atoms with Gasteiger partial charge in [0.2, 0.25) is 11.1 Å². The van der Waals surface area contributed by atoms with Crippen molar-refractivity contribution >= 4 is 17.7 Å². The van der Waals surface area contributed by atoms with Crippen molar-refractivity contribution in [3.63, 3.8) is 0 Å². The molecule has 3 aromatic rings. The van der Waals surface area contributed by atoms with Gasteiger partial charge in [0.15, 0.2) is 5.82 Å². The first-order valence-corrected chi connectivity index (χ1v) is 9.69. The predicted molar refractivity (Wildman–Crippen MR) is 106 cm³/mol. The number of benzene rings is 2. The Balaban J connectivity index is 1.42. The zero-order chi connectivity index (χ0) is 19.1. The van der Waals surface area contributed by atoms with Crippen molar-refractivity contribution in [2.45, 2.75) is 24.6 Å². The van der Waals surface area contributed by atoms with Crippen LogP contribution in [0.15, 0.2) is 59.8 Å². The minimum absolute atomic E-state index is 0.159. The van der Waals surface area contributed by atoms with Gasteiger partial charge in [0.25, 0.3) is 0 Å². The predicted octanol–water partition coefficient (Wildman–Crippen LogP) is 2.59. The molecule has 1 heterocycles. The summed E-state index contributed by atoms with van der Waals surface area (Å²) in [6, 6.07) is 17.7. The van der Waals surface area contributed by atoms with Gasteiger partial charge in [-0.25, -0.2) is 4.98 Å². The quantitative estimate of drug-likeness (QED) is 0.521. The van der Waals surface area contributed by atoms with Crippen LogP contribution in [-0.2, 0) is 11.2 Å². The summed E-state index contributed by atoms with van der Waals surface area (Å²) in [5, 5.41) is 20.3. The van der Waals surface area contributed by atoms with Gasteiger partial charge in [-0.05, 0) is 12.5 Å². The minimum Gasteiger partial charge on any atom is -0.391 e. The van der Waals surface area contributed by atoms with Crippen molar-refractivity contribution in [3.8, 4) is 11.4 Å². The number of aliphatic hydroxyl groups is 1. The van der Waals surface area contributed by atoms with Crippen molar-refractivity contribution in [2.75, 3.05) is 12.3 Å². The standard InChI is InChI=1S/C20H22N4O2S/c1-14-7-9-16(10-8-14)19-22-20(24-23-19)27-13-18(26)21-12-17(25)11-15-5-3-2-4-6-15/h2-10,17,25H,11-13H2,1H3,(H,21,26)(H,22,23,24). The molecule has 0 aliphatic rings. The Hall–Kier alpha value is -2.64. The fourth-order valence-electron chi connectivity index (χ4n) is 2.52. The molecule has 140 valence electrons. The summed E-state index contributed by atoms with van der Waals surface area (Å²) in [6.45, 7) is 2.25. The molecule has 0 saturated carbocycles. The molecule has 0 saturated heterocycles. The van der Waals surface area contributed by atoms with Gasteiger partial charge >= 0.3 is 0 Å². The number of carbonyl (C=O) groups excluding carboxylic acids is 1. The van der Waals surface area contributed by atoms with Crippen molar-refractivity contribution < 1.29 is 9.90 Å². The first-order chi connectivity index (χ1) is 13.1. The number of aromatic nitrogens is 3. The van der Waals surface area contributed by atoms with Crippen LogP contribution < -0.4 is 5.32 Å². The van der Waals surface area contributed by atoms with Crippen LogP contribution in [0.1, 0.15) is 11.1 Å². The number of carbonyl (C=O) groups is 1. The molecular weight excluding hydrogens is 360 g/mol. The van der Waals surface area contributed by atoms with E-state index in [4.69, 9.17) is 0 Å². The van der Waals surface area contributed by atoms with E-state index in [2.05, 4.69) is 20.5 Å². The molecule has 0 aliphatic carbocycles. The van der Waals surface area contributed by atoms with Crippen LogP contribution in [0.4, 0.5) is 0 Å². The highest BCUT2D eigenvalue weighted by molar-refractivity contribution is 7.99. The highest BCUT2D eigenvalue weighted by Crippen LogP contribution is 2.19. The summed E-state index contributed by atoms with van der Waals surface area (Å²) < 4.78 is 0. The van der Waals surface area contributed by atoms with Gasteiger partial charge in [-0.3, -0.25) is 9.89 Å². The van der Waals surface area contributed by atoms with Crippen LogP contribution in [0.3, 0.4) is 0 Å². The molecule has 1 aromatic heterocycles. The summed E-state index contributed by atoms with van der Waals surface area (Å²) in [7, 11) is 0. The summed E-state index contributed by atoms with van der Waals surface area (Å²) >= 11 is 1.26. The lowest BCUT2D eigenvalue weighted by molar-refractivity contribution is -0.119. The van der Waals surface area contributed by atoms with E-state index in [0.29, 0.717) is 17.4 Å². The van der Waals surface area contributed by atoms with Crippen molar-refractivity contribution in [3.05, 3.63) is 65.7 Å². The summed E-state index contributed by atoms with van der Waals surface area (Å²) in [5.41, 5.74) is 3.17. The van der Waals surface area contributed by atoms with E-state index < -0.39 is 6.10 Å². The lowest BCUT2D eigenvalue weighted by Crippen LogP contribution is -2.34. The number of aliphatic hydroxyl groups excluding tert-OH is 1. The molecule has 2 aromatic carbocycles. The molecule has 1 unspecified atom stereocenters. The molecule has 1 atom stereocenters. The van der Waals surface area contributed by atoms with Gasteiger partial charge in [-0.15, -0.1) is 5.10 Å². The average Bonchev–Trinajstić information content (AvgIpc) is 3.15. The number of nitrogens with zero attached hydrogens (tertiary/aromatic N) is 2. The van der Waals surface area contributed by atoms with Crippen LogP contribution in [0.25, 0.3) is 11.4 Å². The molecule has 0 bridgehead atoms. The van der Waals surface area contributed by atoms with Crippen LogP contribution in [0.2, 0.25) is 0 Å². The second kappa shape index (κ2) is 9.34. The van der Waals surface area contributed by atoms with Gasteiger partial charge in [0.05, 0.1) is 11.9 Å². The van der Waals surface area contributed by atoms with Gasteiger partial charge in [0, 0.05) is 18.5 Å². The first kappa shape index (κ1) is 19.1. The SMILES string of the molecule is Cc1ccc(-c2nc(SCC(=O)NCC(O)Cc3ccccc3)n[nH]2)cc1. The van der Waals surface area contributed by atoms with E-state index in [1.54, 1.807) is 0 Å². The van der Waals surface area contributed by atoms with Crippen molar-refractivity contribution in [1.29, 1.82) is 0 Å². The Bertz CT molecular complexity index is 865. The molecule has 1 amide bonds. The van der Waals surface area contributed by atoms with E-state index in [9.17, 15) is 9.90 Å². The van der Waals surface area contributed by atoms with Gasteiger partial charge in [-0.2, -0.15) is 0 Å². The number of rotatable bonds is 8. The van der Waals surface area contributed by atoms with Crippen LogP contribution in [0.5, 0.6) is 0 Å². The van der Waals surface area contributed by atoms with Crippen LogP contribution in [0, 0.1) is 6.92 Å². The number of hydrogen-bond donors (Lipinski definition) is 3. The maximum atomic E-state index is 12.0. The number of aromatic amines is 1. The van der Waals surface area contributed by atoms with Gasteiger partial charge in [-0.1, -0.05) is 71.9 Å². The fraction of sp³-hybridized carbons (Fsp3) is 0.250. The molecule has 0 fully saturated rings. The third kappa shape index (κ3) is 5.94. The number of aryl methyl sites for hydroxylation is 1. The monoisotopic (exact) mass is 382 g/mol. The highest BCUT2D eigenvalue weighted by Gasteiger charge is 2.11. The zero-order valence-electron chi connectivity index (χ0n) is 15.1. The number of nitrogens with one attached hydrogen (secondary N) is 2. The van der Waals surface area contributed by atoms with Gasteiger partial charge in [0.1, 0.15) is 0 Å². The highest BCUT2D eigenvalue weighted by atomic mass is 32.2. The minimum atomic E-state index is -0.613. The van der Waals surface area contributed by atoms with E-state index in [1.807, 2.05) is 61.5 Å². The zero-order valence-corrected chi connectivity index (χ0v) is 15.9. The van der Waals surface area contributed by atoms with Gasteiger partial charge < -0.3 is 10.4 Å². The Labute approximate surface area is 162 Å². The molecule has 6 nitrogen and oxygen atoms in total. The Morgan fingerprint density at radius 1 is 1.19 bits per heavy atom. The number of amides is 1. The molecule has 27 heavy (non-hydrogen) atoms. The topological polar surface area (TPSA) is 90.9 Å². The fourth-order valence-corrected chi connectivity index (χ4v) is 3.15. The third-order valence-electron chi connectivity index (χ3n) is 3.97. The molecule has 0 aliphatic heterocycles. The number of thioether (sulfide) groups is 1. The van der Waals surface area contributed by atoms with E-state index in [0.717, 1.165) is 11.1 Å². The molecule has 0 radical (unpaired) electrons. The smallest absolute Gasteiger partial charge is 0.230 e. The van der Waals surface area contributed by atoms with Crippen molar-refractivity contribution in [2.24, 2.45) is 0 Å². The van der Waals surface area contributed by atoms with E-state index in [1.165, 1.54) is 17.3 Å². The van der Waals surface area contributed by atoms with Crippen LogP contribution in [-0.4, -0.2) is 44.6 Å². The Morgan fingerprint density at radius 2 is 1.93 bits per heavy atom. The van der Waals surface area contributed by atoms with E-state index >= 15 is 0 Å². The summed E-state index contributed by atoms with van der Waals surface area (Å²) in [6.07, 6.45) is -0.104. The largest absolute Gasteiger partial charge is 0.391 e. The average molecular weight is 382 g/mol. The molecule has 3 rings (SSSR count). The lowest BCUT2D eigenvalue weighted by atomic mass is 10.1. The third-order valence-corrected chi connectivity index (χ3v) is 4.82. The number of H-pyrrole nitrogens is 1. The molecule has 7 heteroatoms. The van der Waals surface area contributed by atoms with Crippen LogP contribution >= 0.6 is 11.8 Å². The first-order valence-electron chi connectivity index (χ1n) is 8.71. The summed E-state index contributed by atoms with van der Waals surface area (Å²) in [4.78, 5) is 16.4. The Morgan fingerprint density at radius 3 is 2.67 bits per heavy atom. The second-order valence-electron chi connectivity index (χ2n) is 6.27. The molecular formula is C20H22N4O2S. The normalized spacial score (nSPS) is 11.9. The van der Waals surface area contributed by atoms with E-state index in [-0.39, 0.29) is 18.2 Å². The second-order valence-corrected chi connectivity index (χ2v) is 7.21. The Kier molecular flexibility index (Phi) is 6.62. The summed E-state index contributed by atoms with van der Waals surface area (Å²) in [5.74, 6) is 0.716. The molecule has 3 N–H and O–H groups in total. The maximum absolute atomic E-state index is 12.0. The lowest BCUT2D eigenvalue weighted by Gasteiger charge is -2.11. The molecule has 0 spiro atoms. The van der Waals surface area contributed by atoms with Crippen molar-refractivity contribution in [1.82, 2.24) is 20.5 Å². The maximum Gasteiger partial charge on any atom is 0.230 e. The number of hydrogen-bond acceptors (Lipinski definition) is 5.